The quantitative estimate of drug-likeness (QED) is 0.828. The van der Waals surface area contributed by atoms with E-state index in [1.807, 2.05) is 0 Å². The van der Waals surface area contributed by atoms with Crippen LogP contribution in [0.15, 0.2) is 12.8 Å². The van der Waals surface area contributed by atoms with E-state index in [9.17, 15) is 13.2 Å². The number of rotatable bonds is 1. The van der Waals surface area contributed by atoms with Gasteiger partial charge in [-0.2, -0.15) is 13.2 Å². The standard InChI is InChI=1S/C6H4F3NS.C4H9N/c1-2-4-3-10-5(11-4)6(7,8)9;1-4-2-5-3-4/h2-3H,1H2;4-5H,2-3H2,1H3. The smallest absolute Gasteiger partial charge is 0.316 e. The maximum atomic E-state index is 11.9. The Morgan fingerprint density at radius 2 is 2.12 bits per heavy atom. The second-order valence-corrected chi connectivity index (χ2v) is 4.60. The van der Waals surface area contributed by atoms with Gasteiger partial charge in [0.25, 0.3) is 0 Å². The summed E-state index contributed by atoms with van der Waals surface area (Å²) < 4.78 is 35.6. The molecule has 6 heteroatoms. The van der Waals surface area contributed by atoms with E-state index in [1.165, 1.54) is 19.2 Å². The Kier molecular flexibility index (Phi) is 4.49. The number of halogens is 3. The molecule has 0 aliphatic carbocycles. The van der Waals surface area contributed by atoms with Crippen LogP contribution >= 0.6 is 11.3 Å². The van der Waals surface area contributed by atoms with Crippen LogP contribution < -0.4 is 5.32 Å². The summed E-state index contributed by atoms with van der Waals surface area (Å²) in [5.74, 6) is 0.954. The maximum Gasteiger partial charge on any atom is 0.443 e. The van der Waals surface area contributed by atoms with E-state index in [4.69, 9.17) is 0 Å². The average Bonchev–Trinajstić information content (AvgIpc) is 2.63. The Bertz CT molecular complexity index is 342. The minimum absolute atomic E-state index is 0.428. The lowest BCUT2D eigenvalue weighted by Gasteiger charge is -2.21. The molecule has 0 unspecified atom stereocenters. The van der Waals surface area contributed by atoms with E-state index < -0.39 is 11.2 Å². The summed E-state index contributed by atoms with van der Waals surface area (Å²) in [7, 11) is 0. The summed E-state index contributed by atoms with van der Waals surface area (Å²) >= 11 is 0.586. The monoisotopic (exact) mass is 250 g/mol. The maximum absolute atomic E-state index is 11.9. The van der Waals surface area contributed by atoms with Crippen LogP contribution in [0, 0.1) is 5.92 Å². The average molecular weight is 250 g/mol. The first-order chi connectivity index (χ1) is 7.43. The second kappa shape index (κ2) is 5.45. The molecule has 1 aromatic heterocycles. The molecule has 1 N–H and O–H groups in total. The highest BCUT2D eigenvalue weighted by atomic mass is 32.1. The van der Waals surface area contributed by atoms with Gasteiger partial charge in [-0.05, 0) is 19.0 Å². The highest BCUT2D eigenvalue weighted by Gasteiger charge is 2.34. The zero-order valence-corrected chi connectivity index (χ0v) is 9.66. The van der Waals surface area contributed by atoms with Crippen molar-refractivity contribution in [3.8, 4) is 0 Å². The molecule has 1 saturated heterocycles. The fraction of sp³-hybridized carbons (Fsp3) is 0.500. The third kappa shape index (κ3) is 3.94. The lowest BCUT2D eigenvalue weighted by atomic mass is 10.1. The van der Waals surface area contributed by atoms with Crippen molar-refractivity contribution in [3.05, 3.63) is 22.7 Å². The highest BCUT2D eigenvalue weighted by molar-refractivity contribution is 7.12. The summed E-state index contributed by atoms with van der Waals surface area (Å²) in [6, 6.07) is 0. The van der Waals surface area contributed by atoms with E-state index in [-0.39, 0.29) is 0 Å². The van der Waals surface area contributed by atoms with Crippen LogP contribution in [0.3, 0.4) is 0 Å². The first kappa shape index (κ1) is 13.2. The second-order valence-electron chi connectivity index (χ2n) is 3.53. The van der Waals surface area contributed by atoms with Gasteiger partial charge in [-0.25, -0.2) is 4.98 Å². The zero-order valence-electron chi connectivity index (χ0n) is 8.84. The lowest BCUT2D eigenvalue weighted by Crippen LogP contribution is -2.39. The molecule has 1 fully saturated rings. The van der Waals surface area contributed by atoms with Crippen molar-refractivity contribution in [2.24, 2.45) is 5.92 Å². The number of alkyl halides is 3. The molecular formula is C10H13F3N2S. The van der Waals surface area contributed by atoms with Gasteiger partial charge in [0.15, 0.2) is 5.01 Å². The lowest BCUT2D eigenvalue weighted by molar-refractivity contribution is -0.137. The van der Waals surface area contributed by atoms with E-state index >= 15 is 0 Å². The molecule has 1 aliphatic rings. The van der Waals surface area contributed by atoms with Crippen molar-refractivity contribution in [1.29, 1.82) is 0 Å². The van der Waals surface area contributed by atoms with Crippen LogP contribution in [-0.2, 0) is 6.18 Å². The molecule has 0 amide bonds. The predicted octanol–water partition coefficient (Wildman–Crippen LogP) is 3.03. The van der Waals surface area contributed by atoms with Crippen molar-refractivity contribution < 1.29 is 13.2 Å². The largest absolute Gasteiger partial charge is 0.443 e. The SMILES string of the molecule is C=Cc1cnc(C(F)(F)F)s1.CC1CNC1. The Morgan fingerprint density at radius 3 is 2.31 bits per heavy atom. The van der Waals surface area contributed by atoms with Gasteiger partial charge in [0, 0.05) is 11.1 Å². The van der Waals surface area contributed by atoms with Crippen LogP contribution in [0.25, 0.3) is 6.08 Å². The molecule has 1 aliphatic heterocycles. The van der Waals surface area contributed by atoms with Gasteiger partial charge in [0.05, 0.1) is 0 Å². The molecule has 0 spiro atoms. The fourth-order valence-corrected chi connectivity index (χ4v) is 1.58. The van der Waals surface area contributed by atoms with Gasteiger partial charge < -0.3 is 5.32 Å². The predicted molar refractivity (Wildman–Crippen MR) is 59.2 cm³/mol. The van der Waals surface area contributed by atoms with E-state index in [1.54, 1.807) is 0 Å². The fourth-order valence-electron chi connectivity index (χ4n) is 0.945. The van der Waals surface area contributed by atoms with Gasteiger partial charge in [0.2, 0.25) is 0 Å². The molecule has 0 atom stereocenters. The number of nitrogens with zero attached hydrogens (tertiary/aromatic N) is 1. The zero-order chi connectivity index (χ0) is 12.2. The Balaban J connectivity index is 0.000000212. The normalized spacial score (nSPS) is 16.0. The first-order valence-corrected chi connectivity index (χ1v) is 5.61. The van der Waals surface area contributed by atoms with Crippen molar-refractivity contribution in [3.63, 3.8) is 0 Å². The number of thiazole rings is 1. The number of hydrogen-bond donors (Lipinski definition) is 1. The van der Waals surface area contributed by atoms with Gasteiger partial charge in [-0.1, -0.05) is 19.6 Å². The van der Waals surface area contributed by atoms with Crippen LogP contribution in [0.5, 0.6) is 0 Å². The molecular weight excluding hydrogens is 237 g/mol. The van der Waals surface area contributed by atoms with Gasteiger partial charge in [-0.3, -0.25) is 0 Å². The Morgan fingerprint density at radius 1 is 1.56 bits per heavy atom. The molecule has 16 heavy (non-hydrogen) atoms. The number of aromatic nitrogens is 1. The Labute approximate surface area is 96.2 Å². The molecule has 90 valence electrons. The third-order valence-electron chi connectivity index (χ3n) is 1.95. The van der Waals surface area contributed by atoms with Crippen LogP contribution in [0.1, 0.15) is 16.8 Å². The van der Waals surface area contributed by atoms with E-state index in [0.29, 0.717) is 16.2 Å². The van der Waals surface area contributed by atoms with Crippen LogP contribution in [0.4, 0.5) is 13.2 Å². The molecule has 0 radical (unpaired) electrons. The minimum atomic E-state index is -4.33. The van der Waals surface area contributed by atoms with E-state index in [0.717, 1.165) is 12.1 Å². The summed E-state index contributed by atoms with van der Waals surface area (Å²) in [5.41, 5.74) is 0. The van der Waals surface area contributed by atoms with Gasteiger partial charge >= 0.3 is 6.18 Å². The van der Waals surface area contributed by atoms with Crippen molar-refractivity contribution in [2.45, 2.75) is 13.1 Å². The number of hydrogen-bond acceptors (Lipinski definition) is 3. The molecule has 0 aromatic carbocycles. The topological polar surface area (TPSA) is 24.9 Å². The molecule has 2 rings (SSSR count). The summed E-state index contributed by atoms with van der Waals surface area (Å²) in [5, 5.41) is 2.33. The Hall–Kier alpha value is -0.880. The van der Waals surface area contributed by atoms with Crippen LogP contribution in [0.2, 0.25) is 0 Å². The van der Waals surface area contributed by atoms with Gasteiger partial charge in [0.1, 0.15) is 0 Å². The molecule has 2 nitrogen and oxygen atoms in total. The van der Waals surface area contributed by atoms with Crippen molar-refractivity contribution >= 4 is 17.4 Å². The minimum Gasteiger partial charge on any atom is -0.316 e. The molecule has 0 saturated carbocycles. The summed E-state index contributed by atoms with van der Waals surface area (Å²) in [4.78, 5) is 3.61. The number of nitrogens with one attached hydrogen (secondary N) is 1. The molecule has 1 aromatic rings. The van der Waals surface area contributed by atoms with Gasteiger partial charge in [-0.15, -0.1) is 11.3 Å². The highest BCUT2D eigenvalue weighted by Crippen LogP contribution is 2.32. The van der Waals surface area contributed by atoms with Crippen molar-refractivity contribution in [1.82, 2.24) is 10.3 Å². The first-order valence-electron chi connectivity index (χ1n) is 4.79. The third-order valence-corrected chi connectivity index (χ3v) is 2.99. The van der Waals surface area contributed by atoms with E-state index in [2.05, 4.69) is 23.8 Å². The molecule has 0 bridgehead atoms. The summed E-state index contributed by atoms with van der Waals surface area (Å²) in [6.07, 6.45) is -1.83. The van der Waals surface area contributed by atoms with Crippen LogP contribution in [-0.4, -0.2) is 18.1 Å². The molecule has 2 heterocycles. The van der Waals surface area contributed by atoms with Crippen molar-refractivity contribution in [2.75, 3.05) is 13.1 Å². The summed E-state index contributed by atoms with van der Waals surface area (Å²) in [6.45, 7) is 8.05.